The van der Waals surface area contributed by atoms with Gasteiger partial charge in [-0.3, -0.25) is 4.79 Å². The summed E-state index contributed by atoms with van der Waals surface area (Å²) >= 11 is 0. The molecule has 0 saturated heterocycles. The molecule has 6 heteroatoms. The number of carbonyl (C=O) groups is 3. The number of hydrogen-bond acceptors (Lipinski definition) is 5. The van der Waals surface area contributed by atoms with Gasteiger partial charge in [-0.1, -0.05) is 6.92 Å². The first-order valence-corrected chi connectivity index (χ1v) is 4.60. The van der Waals surface area contributed by atoms with Gasteiger partial charge in [-0.15, -0.1) is 0 Å². The summed E-state index contributed by atoms with van der Waals surface area (Å²) in [6.45, 7) is 3.38. The lowest BCUT2D eigenvalue weighted by atomic mass is 10.1. The first-order chi connectivity index (χ1) is 7.01. The summed E-state index contributed by atoms with van der Waals surface area (Å²) in [5, 5.41) is 2.22. The van der Waals surface area contributed by atoms with Crippen molar-refractivity contribution in [3.8, 4) is 0 Å². The van der Waals surface area contributed by atoms with Gasteiger partial charge in [0.1, 0.15) is 0 Å². The predicted octanol–water partition coefficient (Wildman–Crippen LogP) is 1.24. The molecule has 0 rings (SSSR count). The fraction of sp³-hybridized carbons (Fsp3) is 0.667. The quantitative estimate of drug-likeness (QED) is 0.565. The van der Waals surface area contributed by atoms with E-state index in [2.05, 4.69) is 14.8 Å². The number of rotatable bonds is 4. The highest BCUT2D eigenvalue weighted by Crippen LogP contribution is 1.96. The molecule has 0 aromatic heterocycles. The Balaban J connectivity index is 3.95. The molecular weight excluding hydrogens is 202 g/mol. The van der Waals surface area contributed by atoms with E-state index in [0.717, 1.165) is 7.11 Å². The van der Waals surface area contributed by atoms with E-state index >= 15 is 0 Å². The average Bonchev–Trinajstić information content (AvgIpc) is 2.17. The highest BCUT2D eigenvalue weighted by Gasteiger charge is 2.17. The molecule has 0 spiro atoms. The number of alkyl carbamates (subject to hydrolysis) is 1. The van der Waals surface area contributed by atoms with Crippen molar-refractivity contribution < 1.29 is 23.9 Å². The zero-order chi connectivity index (χ0) is 11.8. The summed E-state index contributed by atoms with van der Waals surface area (Å²) in [6, 6.07) is -0.665. The molecule has 1 amide bonds. The van der Waals surface area contributed by atoms with Crippen LogP contribution < -0.4 is 5.32 Å². The standard InChI is InChI=1S/C9H15NO5/c1-4-5-7(11)6(2)10-8(12)15-9(13)14-3/h6H,4-5H2,1-3H3,(H,10,12). The first kappa shape index (κ1) is 13.4. The van der Waals surface area contributed by atoms with Crippen molar-refractivity contribution in [3.63, 3.8) is 0 Å². The number of ether oxygens (including phenoxy) is 2. The Kier molecular flexibility index (Phi) is 6.08. The van der Waals surface area contributed by atoms with Gasteiger partial charge in [-0.2, -0.15) is 0 Å². The van der Waals surface area contributed by atoms with Crippen LogP contribution in [-0.4, -0.2) is 31.2 Å². The molecule has 1 N–H and O–H groups in total. The van der Waals surface area contributed by atoms with E-state index in [0.29, 0.717) is 12.8 Å². The third kappa shape index (κ3) is 5.66. The Labute approximate surface area is 87.9 Å². The van der Waals surface area contributed by atoms with Crippen molar-refractivity contribution in [2.45, 2.75) is 32.7 Å². The number of amides is 1. The maximum absolute atomic E-state index is 11.2. The van der Waals surface area contributed by atoms with Crippen LogP contribution in [0.3, 0.4) is 0 Å². The summed E-state index contributed by atoms with van der Waals surface area (Å²) in [4.78, 5) is 32.7. The average molecular weight is 217 g/mol. The molecule has 0 radical (unpaired) electrons. The second kappa shape index (κ2) is 6.80. The molecule has 86 valence electrons. The van der Waals surface area contributed by atoms with Gasteiger partial charge in [0.25, 0.3) is 0 Å². The van der Waals surface area contributed by atoms with E-state index < -0.39 is 18.3 Å². The molecule has 0 aromatic carbocycles. The summed E-state index contributed by atoms with van der Waals surface area (Å²) < 4.78 is 8.24. The summed E-state index contributed by atoms with van der Waals surface area (Å²) in [7, 11) is 1.08. The van der Waals surface area contributed by atoms with Gasteiger partial charge in [0.15, 0.2) is 5.78 Å². The maximum Gasteiger partial charge on any atom is 0.517 e. The van der Waals surface area contributed by atoms with Gasteiger partial charge in [0.2, 0.25) is 0 Å². The number of carbonyl (C=O) groups excluding carboxylic acids is 3. The molecule has 0 saturated carbocycles. The molecule has 0 bridgehead atoms. The van der Waals surface area contributed by atoms with Crippen LogP contribution in [0.5, 0.6) is 0 Å². The zero-order valence-electron chi connectivity index (χ0n) is 9.03. The van der Waals surface area contributed by atoms with Crippen LogP contribution in [0, 0.1) is 0 Å². The van der Waals surface area contributed by atoms with E-state index in [-0.39, 0.29) is 5.78 Å². The second-order valence-corrected chi connectivity index (χ2v) is 2.93. The topological polar surface area (TPSA) is 81.7 Å². The highest BCUT2D eigenvalue weighted by molar-refractivity contribution is 5.88. The SMILES string of the molecule is CCCC(=O)C(C)NC(=O)OC(=O)OC. The van der Waals surface area contributed by atoms with Crippen LogP contribution >= 0.6 is 0 Å². The van der Waals surface area contributed by atoms with Crippen molar-refractivity contribution >= 4 is 18.0 Å². The van der Waals surface area contributed by atoms with Gasteiger partial charge in [-0.05, 0) is 13.3 Å². The van der Waals surface area contributed by atoms with Crippen molar-refractivity contribution in [3.05, 3.63) is 0 Å². The Morgan fingerprint density at radius 3 is 2.40 bits per heavy atom. The van der Waals surface area contributed by atoms with Crippen LogP contribution in [0.15, 0.2) is 0 Å². The fourth-order valence-electron chi connectivity index (χ4n) is 0.867. The minimum absolute atomic E-state index is 0.112. The molecule has 0 aliphatic carbocycles. The monoisotopic (exact) mass is 217 g/mol. The first-order valence-electron chi connectivity index (χ1n) is 4.60. The molecular formula is C9H15NO5. The molecule has 15 heavy (non-hydrogen) atoms. The third-order valence-corrected chi connectivity index (χ3v) is 1.66. The Morgan fingerprint density at radius 1 is 1.33 bits per heavy atom. The van der Waals surface area contributed by atoms with E-state index in [9.17, 15) is 14.4 Å². The molecule has 0 fully saturated rings. The van der Waals surface area contributed by atoms with E-state index in [1.165, 1.54) is 6.92 Å². The summed E-state index contributed by atoms with van der Waals surface area (Å²) in [5.41, 5.74) is 0. The normalized spacial score (nSPS) is 11.4. The van der Waals surface area contributed by atoms with Gasteiger partial charge >= 0.3 is 12.2 Å². The molecule has 1 atom stereocenters. The van der Waals surface area contributed by atoms with Gasteiger partial charge in [0, 0.05) is 6.42 Å². The lowest BCUT2D eigenvalue weighted by molar-refractivity contribution is -0.120. The van der Waals surface area contributed by atoms with Gasteiger partial charge in [0.05, 0.1) is 13.2 Å². The molecule has 6 nitrogen and oxygen atoms in total. The van der Waals surface area contributed by atoms with Crippen molar-refractivity contribution in [1.29, 1.82) is 0 Å². The summed E-state index contributed by atoms with van der Waals surface area (Å²) in [6.07, 6.45) is -1.02. The molecule has 0 aliphatic heterocycles. The third-order valence-electron chi connectivity index (χ3n) is 1.66. The second-order valence-electron chi connectivity index (χ2n) is 2.93. The van der Waals surface area contributed by atoms with Crippen molar-refractivity contribution in [1.82, 2.24) is 5.32 Å². The van der Waals surface area contributed by atoms with E-state index in [1.54, 1.807) is 0 Å². The Morgan fingerprint density at radius 2 is 1.93 bits per heavy atom. The molecule has 0 aromatic rings. The van der Waals surface area contributed by atoms with Gasteiger partial charge in [-0.25, -0.2) is 9.59 Å². The van der Waals surface area contributed by atoms with Crippen LogP contribution in [0.25, 0.3) is 0 Å². The molecule has 0 heterocycles. The number of hydrogen-bond donors (Lipinski definition) is 1. The largest absolute Gasteiger partial charge is 0.517 e. The van der Waals surface area contributed by atoms with E-state index in [4.69, 9.17) is 0 Å². The van der Waals surface area contributed by atoms with Crippen LogP contribution in [0.1, 0.15) is 26.7 Å². The van der Waals surface area contributed by atoms with E-state index in [1.807, 2.05) is 6.92 Å². The van der Waals surface area contributed by atoms with Crippen LogP contribution in [0.4, 0.5) is 9.59 Å². The highest BCUT2D eigenvalue weighted by atomic mass is 16.7. The van der Waals surface area contributed by atoms with Crippen LogP contribution in [-0.2, 0) is 14.3 Å². The minimum Gasteiger partial charge on any atom is -0.437 e. The zero-order valence-corrected chi connectivity index (χ0v) is 9.03. The number of nitrogens with one attached hydrogen (secondary N) is 1. The molecule has 1 unspecified atom stereocenters. The lowest BCUT2D eigenvalue weighted by Crippen LogP contribution is -2.39. The smallest absolute Gasteiger partial charge is 0.437 e. The van der Waals surface area contributed by atoms with Crippen molar-refractivity contribution in [2.75, 3.05) is 7.11 Å². The Bertz CT molecular complexity index is 251. The molecule has 0 aliphatic rings. The number of methoxy groups -OCH3 is 1. The Hall–Kier alpha value is -1.59. The van der Waals surface area contributed by atoms with Gasteiger partial charge < -0.3 is 14.8 Å². The maximum atomic E-state index is 11.2. The number of Topliss-reactive ketones (excluding diaryl/α,β-unsaturated/α-hetero) is 1. The van der Waals surface area contributed by atoms with Crippen LogP contribution in [0.2, 0.25) is 0 Å². The number of ketones is 1. The lowest BCUT2D eigenvalue weighted by Gasteiger charge is -2.10. The summed E-state index contributed by atoms with van der Waals surface area (Å²) in [5.74, 6) is -0.112. The predicted molar refractivity (Wildman–Crippen MR) is 51.4 cm³/mol. The minimum atomic E-state index is -1.11. The fourth-order valence-corrected chi connectivity index (χ4v) is 0.867. The van der Waals surface area contributed by atoms with Crippen molar-refractivity contribution in [2.24, 2.45) is 0 Å².